The van der Waals surface area contributed by atoms with Crippen LogP contribution in [0.15, 0.2) is 59.5 Å². The lowest BCUT2D eigenvalue weighted by atomic mass is 10.0. The Balaban J connectivity index is 2.02. The van der Waals surface area contributed by atoms with Crippen LogP contribution in [0.3, 0.4) is 0 Å². The van der Waals surface area contributed by atoms with Gasteiger partial charge < -0.3 is 5.32 Å². The molecule has 0 heterocycles. The van der Waals surface area contributed by atoms with Gasteiger partial charge in [0.15, 0.2) is 0 Å². The summed E-state index contributed by atoms with van der Waals surface area (Å²) in [5.74, 6) is -0.00170. The number of carbonyl (C=O) groups excluding carboxylic acids is 1. The molecule has 0 bridgehead atoms. The molecule has 0 radical (unpaired) electrons. The molecule has 2 aromatic rings. The van der Waals surface area contributed by atoms with Crippen LogP contribution in [0, 0.1) is 0 Å². The lowest BCUT2D eigenvalue weighted by Crippen LogP contribution is -2.41. The molecular formula is C18H22N2O3S. The number of rotatable bonds is 6. The molecule has 2 rings (SSSR count). The van der Waals surface area contributed by atoms with Crippen LogP contribution in [0.25, 0.3) is 0 Å². The van der Waals surface area contributed by atoms with Crippen LogP contribution in [0.2, 0.25) is 0 Å². The van der Waals surface area contributed by atoms with Crippen LogP contribution in [0.1, 0.15) is 32.3 Å². The number of benzene rings is 2. The lowest BCUT2D eigenvalue weighted by molar-refractivity contribution is -0.117. The summed E-state index contributed by atoms with van der Waals surface area (Å²) in [7, 11) is -3.73. The molecule has 5 nitrogen and oxygen atoms in total. The molecule has 0 aliphatic carbocycles. The Morgan fingerprint density at radius 2 is 1.50 bits per heavy atom. The third-order valence-electron chi connectivity index (χ3n) is 3.62. The van der Waals surface area contributed by atoms with Crippen molar-refractivity contribution in [3.8, 4) is 0 Å². The molecule has 128 valence electrons. The highest BCUT2D eigenvalue weighted by Crippen LogP contribution is 2.17. The van der Waals surface area contributed by atoms with E-state index < -0.39 is 22.0 Å². The second-order valence-electron chi connectivity index (χ2n) is 5.92. The first-order valence-electron chi connectivity index (χ1n) is 7.78. The van der Waals surface area contributed by atoms with Gasteiger partial charge >= 0.3 is 0 Å². The number of carbonyl (C=O) groups is 1. The van der Waals surface area contributed by atoms with Gasteiger partial charge in [-0.2, -0.15) is 4.72 Å². The number of nitrogens with one attached hydrogen (secondary N) is 2. The molecule has 0 aromatic heterocycles. The van der Waals surface area contributed by atoms with E-state index in [0.29, 0.717) is 11.6 Å². The molecular weight excluding hydrogens is 324 g/mol. The molecule has 1 atom stereocenters. The minimum Gasteiger partial charge on any atom is -0.325 e. The predicted octanol–water partition coefficient (Wildman–Crippen LogP) is 3.12. The summed E-state index contributed by atoms with van der Waals surface area (Å²) >= 11 is 0. The zero-order chi connectivity index (χ0) is 17.7. The van der Waals surface area contributed by atoms with Crippen LogP contribution in [-0.2, 0) is 14.8 Å². The molecule has 2 aromatic carbocycles. The fourth-order valence-corrected chi connectivity index (χ4v) is 3.38. The maximum Gasteiger partial charge on any atom is 0.242 e. The van der Waals surface area contributed by atoms with Crippen molar-refractivity contribution in [2.75, 3.05) is 5.32 Å². The van der Waals surface area contributed by atoms with E-state index in [-0.39, 0.29) is 4.90 Å². The monoisotopic (exact) mass is 346 g/mol. The highest BCUT2D eigenvalue weighted by Gasteiger charge is 2.21. The summed E-state index contributed by atoms with van der Waals surface area (Å²) in [6.07, 6.45) is 0. The zero-order valence-electron chi connectivity index (χ0n) is 14.0. The molecule has 0 aliphatic heterocycles. The fourth-order valence-electron chi connectivity index (χ4n) is 2.16. The van der Waals surface area contributed by atoms with Crippen LogP contribution < -0.4 is 10.0 Å². The van der Waals surface area contributed by atoms with Crippen LogP contribution in [0.4, 0.5) is 5.69 Å². The first-order valence-corrected chi connectivity index (χ1v) is 9.26. The zero-order valence-corrected chi connectivity index (χ0v) is 14.8. The molecule has 0 spiro atoms. The van der Waals surface area contributed by atoms with E-state index in [9.17, 15) is 13.2 Å². The molecule has 0 fully saturated rings. The Hall–Kier alpha value is -2.18. The van der Waals surface area contributed by atoms with E-state index in [4.69, 9.17) is 0 Å². The average molecular weight is 346 g/mol. The van der Waals surface area contributed by atoms with Gasteiger partial charge in [-0.15, -0.1) is 0 Å². The van der Waals surface area contributed by atoms with Crippen LogP contribution >= 0.6 is 0 Å². The van der Waals surface area contributed by atoms with Crippen molar-refractivity contribution in [2.45, 2.75) is 37.6 Å². The second kappa shape index (κ2) is 7.59. The summed E-state index contributed by atoms with van der Waals surface area (Å²) in [6, 6.07) is 14.6. The number of sulfonamides is 1. The molecule has 0 saturated carbocycles. The minimum atomic E-state index is -3.73. The van der Waals surface area contributed by atoms with Gasteiger partial charge in [0.1, 0.15) is 0 Å². The van der Waals surface area contributed by atoms with Gasteiger partial charge in [0.2, 0.25) is 15.9 Å². The van der Waals surface area contributed by atoms with Crippen molar-refractivity contribution in [3.05, 3.63) is 60.2 Å². The van der Waals surface area contributed by atoms with Gasteiger partial charge in [-0.05, 0) is 42.7 Å². The number of anilines is 1. The maximum atomic E-state index is 12.2. The van der Waals surface area contributed by atoms with Crippen molar-refractivity contribution in [3.63, 3.8) is 0 Å². The van der Waals surface area contributed by atoms with Crippen molar-refractivity contribution in [1.82, 2.24) is 4.72 Å². The topological polar surface area (TPSA) is 75.3 Å². The minimum absolute atomic E-state index is 0.130. The number of hydrogen-bond acceptors (Lipinski definition) is 3. The van der Waals surface area contributed by atoms with Crippen LogP contribution in [0.5, 0.6) is 0 Å². The Morgan fingerprint density at radius 3 is 2.04 bits per heavy atom. The normalized spacial score (nSPS) is 12.8. The Labute approximate surface area is 143 Å². The van der Waals surface area contributed by atoms with Gasteiger partial charge in [-0.25, -0.2) is 8.42 Å². The number of amides is 1. The van der Waals surface area contributed by atoms with E-state index in [1.807, 2.05) is 24.3 Å². The lowest BCUT2D eigenvalue weighted by Gasteiger charge is -2.15. The Morgan fingerprint density at radius 1 is 0.917 bits per heavy atom. The van der Waals surface area contributed by atoms with Gasteiger partial charge in [0.05, 0.1) is 10.9 Å². The Bertz CT molecular complexity index is 785. The first-order chi connectivity index (χ1) is 11.3. The van der Waals surface area contributed by atoms with E-state index in [0.717, 1.165) is 0 Å². The van der Waals surface area contributed by atoms with Gasteiger partial charge in [0.25, 0.3) is 0 Å². The summed E-state index contributed by atoms with van der Waals surface area (Å²) in [6.45, 7) is 5.69. The Kier molecular flexibility index (Phi) is 5.75. The van der Waals surface area contributed by atoms with E-state index in [1.165, 1.54) is 24.6 Å². The highest BCUT2D eigenvalue weighted by molar-refractivity contribution is 7.89. The van der Waals surface area contributed by atoms with Crippen molar-refractivity contribution in [1.29, 1.82) is 0 Å². The standard InChI is InChI=1S/C18H22N2O3S/c1-13(2)15-9-11-16(12-10-15)19-18(21)14(3)20-24(22,23)17-7-5-4-6-8-17/h4-14,20H,1-3H3,(H,19,21)/t14-/m0/s1. The largest absolute Gasteiger partial charge is 0.325 e. The first kappa shape index (κ1) is 18.2. The quantitative estimate of drug-likeness (QED) is 0.844. The van der Waals surface area contributed by atoms with Gasteiger partial charge in [-0.1, -0.05) is 44.2 Å². The SMILES string of the molecule is CC(C)c1ccc(NC(=O)[C@H](C)NS(=O)(=O)c2ccccc2)cc1. The van der Waals surface area contributed by atoms with Crippen molar-refractivity contribution in [2.24, 2.45) is 0 Å². The smallest absolute Gasteiger partial charge is 0.242 e. The summed E-state index contributed by atoms with van der Waals surface area (Å²) in [4.78, 5) is 12.3. The number of hydrogen-bond donors (Lipinski definition) is 2. The summed E-state index contributed by atoms with van der Waals surface area (Å²) in [5, 5.41) is 2.72. The molecule has 0 unspecified atom stereocenters. The van der Waals surface area contributed by atoms with Gasteiger partial charge in [0, 0.05) is 5.69 Å². The molecule has 0 saturated heterocycles. The van der Waals surface area contributed by atoms with Crippen molar-refractivity contribution < 1.29 is 13.2 Å². The third kappa shape index (κ3) is 4.66. The molecule has 24 heavy (non-hydrogen) atoms. The predicted molar refractivity (Wildman–Crippen MR) is 95.4 cm³/mol. The second-order valence-corrected chi connectivity index (χ2v) is 7.64. The van der Waals surface area contributed by atoms with Crippen molar-refractivity contribution >= 4 is 21.6 Å². The van der Waals surface area contributed by atoms with E-state index >= 15 is 0 Å². The maximum absolute atomic E-state index is 12.2. The molecule has 2 N–H and O–H groups in total. The molecule has 6 heteroatoms. The molecule has 0 aliphatic rings. The van der Waals surface area contributed by atoms with E-state index in [1.54, 1.807) is 18.2 Å². The summed E-state index contributed by atoms with van der Waals surface area (Å²) in [5.41, 5.74) is 1.81. The highest BCUT2D eigenvalue weighted by atomic mass is 32.2. The van der Waals surface area contributed by atoms with Crippen LogP contribution in [-0.4, -0.2) is 20.4 Å². The van der Waals surface area contributed by atoms with E-state index in [2.05, 4.69) is 23.9 Å². The fraction of sp³-hybridized carbons (Fsp3) is 0.278. The third-order valence-corrected chi connectivity index (χ3v) is 5.18. The van der Waals surface area contributed by atoms with Gasteiger partial charge in [-0.3, -0.25) is 4.79 Å². The summed E-state index contributed by atoms with van der Waals surface area (Å²) < 4.78 is 26.8. The average Bonchev–Trinajstić information content (AvgIpc) is 2.55. The molecule has 1 amide bonds.